The topological polar surface area (TPSA) is 117 Å². The van der Waals surface area contributed by atoms with E-state index in [2.05, 4.69) is 4.99 Å². The maximum absolute atomic E-state index is 13.3. The molecule has 3 aromatic rings. The van der Waals surface area contributed by atoms with Crippen LogP contribution in [0.15, 0.2) is 68.1 Å². The molecule has 4 rings (SSSR count). The van der Waals surface area contributed by atoms with E-state index in [9.17, 15) is 19.7 Å². The number of non-ortho nitro benzene ring substituents is 1. The highest BCUT2D eigenvalue weighted by Crippen LogP contribution is 2.32. The summed E-state index contributed by atoms with van der Waals surface area (Å²) < 4.78 is 12.2. The van der Waals surface area contributed by atoms with Crippen LogP contribution in [0.3, 0.4) is 0 Å². The molecule has 0 radical (unpaired) electrons. The summed E-state index contributed by atoms with van der Waals surface area (Å²) in [7, 11) is 0. The summed E-state index contributed by atoms with van der Waals surface area (Å²) in [4.78, 5) is 41.7. The lowest BCUT2D eigenvalue weighted by molar-refractivity contribution is -0.384. The number of carbonyl (C=O) groups is 1. The first kappa shape index (κ1) is 20.5. The molecule has 31 heavy (non-hydrogen) atoms. The minimum absolute atomic E-state index is 0.139. The van der Waals surface area contributed by atoms with Crippen molar-refractivity contribution < 1.29 is 18.9 Å². The molecule has 0 spiro atoms. The standard InChI is InChI=1S/C21H17N3O6S/c1-3-29-20(26)17-12(2)22-21-23(18(17)13-6-4-7-14(10-13)24(27)28)19(25)16(31-21)11-15-8-5-9-30-15/h4-11,18H,3H2,1-2H3/b16-11+. The van der Waals surface area contributed by atoms with E-state index in [0.717, 1.165) is 11.3 Å². The lowest BCUT2D eigenvalue weighted by atomic mass is 9.95. The van der Waals surface area contributed by atoms with Crippen molar-refractivity contribution in [2.24, 2.45) is 4.99 Å². The smallest absolute Gasteiger partial charge is 0.338 e. The van der Waals surface area contributed by atoms with E-state index in [1.807, 2.05) is 0 Å². The number of hydrogen-bond donors (Lipinski definition) is 0. The Morgan fingerprint density at radius 2 is 2.19 bits per heavy atom. The Balaban J connectivity index is 1.99. The van der Waals surface area contributed by atoms with E-state index in [4.69, 9.17) is 9.15 Å². The highest BCUT2D eigenvalue weighted by atomic mass is 32.1. The molecule has 0 amide bonds. The van der Waals surface area contributed by atoms with Crippen LogP contribution in [0.5, 0.6) is 0 Å². The zero-order valence-corrected chi connectivity index (χ0v) is 17.4. The van der Waals surface area contributed by atoms with Crippen LogP contribution in [0, 0.1) is 10.1 Å². The second-order valence-electron chi connectivity index (χ2n) is 6.67. The summed E-state index contributed by atoms with van der Waals surface area (Å²) in [5, 5.41) is 11.3. The van der Waals surface area contributed by atoms with Gasteiger partial charge in [-0.3, -0.25) is 19.5 Å². The number of nitrogens with zero attached hydrogens (tertiary/aromatic N) is 3. The molecule has 0 bridgehead atoms. The molecule has 158 valence electrons. The SMILES string of the molecule is CCOC(=O)C1=C(C)N=c2s/c(=C/c3ccco3)c(=O)n2C1c1cccc([N+](=O)[O-])c1. The van der Waals surface area contributed by atoms with E-state index >= 15 is 0 Å². The highest BCUT2D eigenvalue weighted by Gasteiger charge is 2.34. The van der Waals surface area contributed by atoms with Crippen molar-refractivity contribution in [3.05, 3.63) is 95.1 Å². The molecule has 0 aliphatic carbocycles. The van der Waals surface area contributed by atoms with Crippen LogP contribution in [-0.2, 0) is 9.53 Å². The van der Waals surface area contributed by atoms with Gasteiger partial charge in [-0.2, -0.15) is 0 Å². The average molecular weight is 439 g/mol. The van der Waals surface area contributed by atoms with Gasteiger partial charge in [0.1, 0.15) is 5.76 Å². The second kappa shape index (κ2) is 8.15. The van der Waals surface area contributed by atoms with Gasteiger partial charge in [-0.1, -0.05) is 23.5 Å². The van der Waals surface area contributed by atoms with Gasteiger partial charge in [0.25, 0.3) is 11.2 Å². The van der Waals surface area contributed by atoms with Crippen molar-refractivity contribution >= 4 is 29.1 Å². The van der Waals surface area contributed by atoms with Gasteiger partial charge >= 0.3 is 5.97 Å². The Hall–Kier alpha value is -3.79. The van der Waals surface area contributed by atoms with Gasteiger partial charge in [-0.15, -0.1) is 0 Å². The van der Waals surface area contributed by atoms with Gasteiger partial charge in [0.15, 0.2) is 4.80 Å². The number of thiazole rings is 1. The van der Waals surface area contributed by atoms with Gasteiger partial charge in [0, 0.05) is 18.2 Å². The molecule has 1 aliphatic rings. The number of nitro groups is 1. The van der Waals surface area contributed by atoms with Crippen LogP contribution in [-0.4, -0.2) is 22.1 Å². The van der Waals surface area contributed by atoms with E-state index in [1.165, 1.54) is 29.0 Å². The number of rotatable bonds is 5. The van der Waals surface area contributed by atoms with Crippen molar-refractivity contribution in [3.63, 3.8) is 0 Å². The number of aromatic nitrogens is 1. The van der Waals surface area contributed by atoms with Gasteiger partial charge < -0.3 is 9.15 Å². The quantitative estimate of drug-likeness (QED) is 0.342. The number of fused-ring (bicyclic) bond motifs is 1. The zero-order chi connectivity index (χ0) is 22.1. The summed E-state index contributed by atoms with van der Waals surface area (Å²) in [5.41, 5.74) is 0.441. The van der Waals surface area contributed by atoms with Gasteiger partial charge in [0.2, 0.25) is 0 Å². The van der Waals surface area contributed by atoms with Crippen LogP contribution in [0.1, 0.15) is 31.2 Å². The number of furan rings is 1. The molecule has 9 nitrogen and oxygen atoms in total. The maximum Gasteiger partial charge on any atom is 0.338 e. The molecule has 1 atom stereocenters. The summed E-state index contributed by atoms with van der Waals surface area (Å²) >= 11 is 1.15. The summed E-state index contributed by atoms with van der Waals surface area (Å²) in [6.45, 7) is 3.47. The van der Waals surface area contributed by atoms with Crippen molar-refractivity contribution in [1.29, 1.82) is 0 Å². The summed E-state index contributed by atoms with van der Waals surface area (Å²) in [6.07, 6.45) is 3.09. The predicted molar refractivity (Wildman–Crippen MR) is 112 cm³/mol. The minimum Gasteiger partial charge on any atom is -0.465 e. The molecule has 0 saturated heterocycles. The van der Waals surface area contributed by atoms with Crippen LogP contribution >= 0.6 is 11.3 Å². The molecule has 1 aliphatic heterocycles. The normalized spacial score (nSPS) is 16.1. The molecule has 1 unspecified atom stereocenters. The van der Waals surface area contributed by atoms with E-state index in [0.29, 0.717) is 26.4 Å². The van der Waals surface area contributed by atoms with Gasteiger partial charge in [-0.05, 0) is 31.5 Å². The fourth-order valence-electron chi connectivity index (χ4n) is 3.42. The number of nitro benzene ring substituents is 1. The number of carbonyl (C=O) groups excluding carboxylic acids is 1. The Kier molecular flexibility index (Phi) is 5.38. The average Bonchev–Trinajstić information content (AvgIpc) is 3.35. The zero-order valence-electron chi connectivity index (χ0n) is 16.6. The molecule has 0 N–H and O–H groups in total. The molecule has 3 heterocycles. The number of esters is 1. The molecular weight excluding hydrogens is 422 g/mol. The Morgan fingerprint density at radius 1 is 1.39 bits per heavy atom. The predicted octanol–water partition coefficient (Wildman–Crippen LogP) is 2.30. The summed E-state index contributed by atoms with van der Waals surface area (Å²) in [5.74, 6) is -0.126. The lowest BCUT2D eigenvalue weighted by Crippen LogP contribution is -2.39. The molecule has 1 aromatic carbocycles. The minimum atomic E-state index is -0.908. The van der Waals surface area contributed by atoms with Crippen LogP contribution < -0.4 is 14.9 Å². The second-order valence-corrected chi connectivity index (χ2v) is 7.68. The van der Waals surface area contributed by atoms with Crippen LogP contribution in [0.2, 0.25) is 0 Å². The van der Waals surface area contributed by atoms with Crippen LogP contribution in [0.25, 0.3) is 6.08 Å². The summed E-state index contributed by atoms with van der Waals surface area (Å²) in [6, 6.07) is 8.37. The molecular formula is C21H17N3O6S. The fraction of sp³-hybridized carbons (Fsp3) is 0.190. The molecule has 0 saturated carbocycles. The van der Waals surface area contributed by atoms with Crippen molar-refractivity contribution in [1.82, 2.24) is 4.57 Å². The van der Waals surface area contributed by atoms with Crippen molar-refractivity contribution in [2.45, 2.75) is 19.9 Å². The molecule has 0 fully saturated rings. The maximum atomic E-state index is 13.3. The third-order valence-corrected chi connectivity index (χ3v) is 5.71. The first-order valence-corrected chi connectivity index (χ1v) is 10.2. The van der Waals surface area contributed by atoms with Gasteiger partial charge in [-0.25, -0.2) is 9.79 Å². The third-order valence-electron chi connectivity index (χ3n) is 4.73. The van der Waals surface area contributed by atoms with E-state index in [1.54, 1.807) is 38.1 Å². The fourth-order valence-corrected chi connectivity index (χ4v) is 4.44. The van der Waals surface area contributed by atoms with Gasteiger partial charge in [0.05, 0.1) is 39.6 Å². The van der Waals surface area contributed by atoms with Crippen LogP contribution in [0.4, 0.5) is 5.69 Å². The Labute approximate surface area is 179 Å². The van der Waals surface area contributed by atoms with Crippen molar-refractivity contribution in [3.8, 4) is 0 Å². The Bertz CT molecular complexity index is 1380. The highest BCUT2D eigenvalue weighted by molar-refractivity contribution is 7.07. The lowest BCUT2D eigenvalue weighted by Gasteiger charge is -2.24. The molecule has 2 aromatic heterocycles. The Morgan fingerprint density at radius 3 is 2.87 bits per heavy atom. The first-order chi connectivity index (χ1) is 14.9. The monoisotopic (exact) mass is 439 g/mol. The van der Waals surface area contributed by atoms with Crippen molar-refractivity contribution in [2.75, 3.05) is 6.61 Å². The number of benzene rings is 1. The molecule has 10 heteroatoms. The number of ether oxygens (including phenoxy) is 1. The van der Waals surface area contributed by atoms with E-state index in [-0.39, 0.29) is 23.4 Å². The number of hydrogen-bond acceptors (Lipinski definition) is 8. The third kappa shape index (κ3) is 3.73. The number of allylic oxidation sites excluding steroid dienone is 1. The largest absolute Gasteiger partial charge is 0.465 e. The first-order valence-electron chi connectivity index (χ1n) is 9.38. The van der Waals surface area contributed by atoms with E-state index < -0.39 is 16.9 Å².